The van der Waals surface area contributed by atoms with E-state index in [9.17, 15) is 9.90 Å². The molecule has 0 radical (unpaired) electrons. The van der Waals surface area contributed by atoms with E-state index < -0.39 is 6.10 Å². The molecule has 6 nitrogen and oxygen atoms in total. The highest BCUT2D eigenvalue weighted by molar-refractivity contribution is 5.76. The van der Waals surface area contributed by atoms with Gasteiger partial charge in [-0.25, -0.2) is 4.98 Å². The van der Waals surface area contributed by atoms with Crippen molar-refractivity contribution in [2.24, 2.45) is 5.92 Å². The predicted molar refractivity (Wildman–Crippen MR) is 81.0 cm³/mol. The van der Waals surface area contributed by atoms with Gasteiger partial charge in [0, 0.05) is 43.8 Å². The number of β-amino-alcohol motifs (C(OH)–C–C–N with tert-alkyl or cyclic N) is 1. The molecule has 3 heterocycles. The molecular formula is C16H20N4O2. The number of aliphatic hydroxyl groups is 1. The van der Waals surface area contributed by atoms with Crippen molar-refractivity contribution in [2.75, 3.05) is 13.1 Å². The summed E-state index contributed by atoms with van der Waals surface area (Å²) in [5.74, 6) is 0.925. The van der Waals surface area contributed by atoms with E-state index in [2.05, 4.69) is 9.97 Å². The number of aliphatic hydroxyl groups excluding tert-OH is 1. The van der Waals surface area contributed by atoms with E-state index in [1.165, 1.54) is 0 Å². The summed E-state index contributed by atoms with van der Waals surface area (Å²) in [7, 11) is 0. The maximum absolute atomic E-state index is 12.4. The Morgan fingerprint density at radius 3 is 2.77 bits per heavy atom. The Labute approximate surface area is 129 Å². The van der Waals surface area contributed by atoms with Gasteiger partial charge in [-0.2, -0.15) is 0 Å². The number of pyridine rings is 1. The number of nitrogens with zero attached hydrogens (tertiary/aromatic N) is 4. The number of aryl methyl sites for hydroxylation is 1. The van der Waals surface area contributed by atoms with Crippen LogP contribution in [0.25, 0.3) is 0 Å². The van der Waals surface area contributed by atoms with Gasteiger partial charge in [-0.3, -0.25) is 9.78 Å². The Kier molecular flexibility index (Phi) is 4.20. The molecule has 1 saturated heterocycles. The second-order valence-electron chi connectivity index (χ2n) is 5.79. The van der Waals surface area contributed by atoms with Gasteiger partial charge in [-0.05, 0) is 31.0 Å². The average Bonchev–Trinajstić information content (AvgIpc) is 3.07. The van der Waals surface area contributed by atoms with Gasteiger partial charge in [0.15, 0.2) is 0 Å². The first kappa shape index (κ1) is 14.7. The van der Waals surface area contributed by atoms with Gasteiger partial charge in [-0.1, -0.05) is 0 Å². The van der Waals surface area contributed by atoms with E-state index >= 15 is 0 Å². The number of hydrogen-bond donors (Lipinski definition) is 1. The van der Waals surface area contributed by atoms with E-state index in [4.69, 9.17) is 0 Å². The minimum Gasteiger partial charge on any atom is -0.391 e. The Morgan fingerprint density at radius 2 is 2.09 bits per heavy atom. The monoisotopic (exact) mass is 300 g/mol. The maximum Gasteiger partial charge on any atom is 0.242 e. The van der Waals surface area contributed by atoms with E-state index in [-0.39, 0.29) is 18.4 Å². The molecule has 22 heavy (non-hydrogen) atoms. The molecule has 3 rings (SSSR count). The van der Waals surface area contributed by atoms with E-state index in [1.807, 2.05) is 23.6 Å². The van der Waals surface area contributed by atoms with Crippen LogP contribution < -0.4 is 0 Å². The number of hydrogen-bond acceptors (Lipinski definition) is 4. The summed E-state index contributed by atoms with van der Waals surface area (Å²) in [5, 5.41) is 10.2. The van der Waals surface area contributed by atoms with Crippen molar-refractivity contribution in [2.45, 2.75) is 26.0 Å². The molecule has 1 N–H and O–H groups in total. The molecule has 0 spiro atoms. The third-order valence-corrected chi connectivity index (χ3v) is 4.24. The zero-order valence-electron chi connectivity index (χ0n) is 12.6. The number of rotatable bonds is 4. The minimum absolute atomic E-state index is 0.0254. The molecule has 1 aliphatic heterocycles. The maximum atomic E-state index is 12.4. The van der Waals surface area contributed by atoms with Crippen LogP contribution >= 0.6 is 0 Å². The summed E-state index contributed by atoms with van der Waals surface area (Å²) in [4.78, 5) is 22.2. The van der Waals surface area contributed by atoms with Crippen LogP contribution in [0.3, 0.4) is 0 Å². The number of aromatic nitrogens is 3. The standard InChI is InChI=1S/C16H20N4O2/c1-12-18-6-7-19(12)11-16(22)20-9-14(15(21)10-20)8-13-2-4-17-5-3-13/h2-7,14-15,21H,8-11H2,1H3/t14-,15-/m1/s1. The molecule has 2 atom stereocenters. The summed E-state index contributed by atoms with van der Waals surface area (Å²) in [6, 6.07) is 3.90. The SMILES string of the molecule is Cc1nccn1CC(=O)N1C[C@@H](Cc2ccncc2)[C@H](O)C1. The third kappa shape index (κ3) is 3.17. The summed E-state index contributed by atoms with van der Waals surface area (Å²) in [6.07, 6.45) is 7.28. The average molecular weight is 300 g/mol. The van der Waals surface area contributed by atoms with Crippen molar-refractivity contribution in [3.8, 4) is 0 Å². The fourth-order valence-electron chi connectivity index (χ4n) is 2.90. The highest BCUT2D eigenvalue weighted by Gasteiger charge is 2.33. The molecule has 0 bridgehead atoms. The Morgan fingerprint density at radius 1 is 1.32 bits per heavy atom. The van der Waals surface area contributed by atoms with Crippen LogP contribution in [-0.4, -0.2) is 49.6 Å². The van der Waals surface area contributed by atoms with Gasteiger partial charge in [0.05, 0.1) is 6.10 Å². The first-order valence-corrected chi connectivity index (χ1v) is 7.46. The van der Waals surface area contributed by atoms with Crippen LogP contribution in [0.4, 0.5) is 0 Å². The van der Waals surface area contributed by atoms with Crippen molar-refractivity contribution < 1.29 is 9.90 Å². The third-order valence-electron chi connectivity index (χ3n) is 4.24. The molecular weight excluding hydrogens is 280 g/mol. The lowest BCUT2D eigenvalue weighted by Gasteiger charge is -2.17. The highest BCUT2D eigenvalue weighted by Crippen LogP contribution is 2.21. The number of imidazole rings is 1. The molecule has 1 fully saturated rings. The Balaban J connectivity index is 1.60. The fourth-order valence-corrected chi connectivity index (χ4v) is 2.90. The smallest absolute Gasteiger partial charge is 0.242 e. The quantitative estimate of drug-likeness (QED) is 0.900. The summed E-state index contributed by atoms with van der Waals surface area (Å²) < 4.78 is 1.82. The summed E-state index contributed by atoms with van der Waals surface area (Å²) in [6.45, 7) is 3.15. The number of carbonyl (C=O) groups is 1. The van der Waals surface area contributed by atoms with Crippen molar-refractivity contribution in [3.63, 3.8) is 0 Å². The highest BCUT2D eigenvalue weighted by atomic mass is 16.3. The van der Waals surface area contributed by atoms with Crippen LogP contribution in [-0.2, 0) is 17.8 Å². The molecule has 6 heteroatoms. The predicted octanol–water partition coefficient (Wildman–Crippen LogP) is 0.649. The van der Waals surface area contributed by atoms with Gasteiger partial charge >= 0.3 is 0 Å². The molecule has 0 aromatic carbocycles. The van der Waals surface area contributed by atoms with Crippen LogP contribution in [0.2, 0.25) is 0 Å². The summed E-state index contributed by atoms with van der Waals surface area (Å²) in [5.41, 5.74) is 1.14. The molecule has 0 unspecified atom stereocenters. The number of carbonyl (C=O) groups excluding carboxylic acids is 1. The van der Waals surface area contributed by atoms with Crippen LogP contribution in [0.1, 0.15) is 11.4 Å². The van der Waals surface area contributed by atoms with Crippen LogP contribution in [0, 0.1) is 12.8 Å². The van der Waals surface area contributed by atoms with Crippen molar-refractivity contribution in [1.82, 2.24) is 19.4 Å². The topological polar surface area (TPSA) is 71.2 Å². The molecule has 1 amide bonds. The van der Waals surface area contributed by atoms with E-state index in [0.29, 0.717) is 13.1 Å². The van der Waals surface area contributed by atoms with Gasteiger partial charge in [0.2, 0.25) is 5.91 Å². The number of likely N-dealkylation sites (tertiary alicyclic amines) is 1. The second kappa shape index (κ2) is 6.27. The zero-order chi connectivity index (χ0) is 15.5. The molecule has 2 aromatic rings. The zero-order valence-corrected chi connectivity index (χ0v) is 12.6. The van der Waals surface area contributed by atoms with Gasteiger partial charge in [-0.15, -0.1) is 0 Å². The lowest BCUT2D eigenvalue weighted by Crippen LogP contribution is -2.32. The minimum atomic E-state index is -0.471. The Bertz CT molecular complexity index is 641. The summed E-state index contributed by atoms with van der Waals surface area (Å²) >= 11 is 0. The lowest BCUT2D eigenvalue weighted by atomic mass is 9.97. The van der Waals surface area contributed by atoms with Crippen molar-refractivity contribution in [1.29, 1.82) is 0 Å². The normalized spacial score (nSPS) is 21.3. The molecule has 0 saturated carbocycles. The lowest BCUT2D eigenvalue weighted by molar-refractivity contribution is -0.131. The number of amides is 1. The van der Waals surface area contributed by atoms with Gasteiger partial charge in [0.25, 0.3) is 0 Å². The largest absolute Gasteiger partial charge is 0.391 e. The van der Waals surface area contributed by atoms with Crippen molar-refractivity contribution >= 4 is 5.91 Å². The second-order valence-corrected chi connectivity index (χ2v) is 5.79. The van der Waals surface area contributed by atoms with Gasteiger partial charge in [0.1, 0.15) is 12.4 Å². The molecule has 1 aliphatic rings. The van der Waals surface area contributed by atoms with Crippen LogP contribution in [0.5, 0.6) is 0 Å². The van der Waals surface area contributed by atoms with Crippen LogP contribution in [0.15, 0.2) is 36.9 Å². The Hall–Kier alpha value is -2.21. The first-order valence-electron chi connectivity index (χ1n) is 7.46. The van der Waals surface area contributed by atoms with E-state index in [1.54, 1.807) is 29.7 Å². The first-order chi connectivity index (χ1) is 10.6. The van der Waals surface area contributed by atoms with Gasteiger partial charge < -0.3 is 14.6 Å². The molecule has 0 aliphatic carbocycles. The molecule has 2 aromatic heterocycles. The molecule has 116 valence electrons. The van der Waals surface area contributed by atoms with E-state index in [0.717, 1.165) is 17.8 Å². The fraction of sp³-hybridized carbons (Fsp3) is 0.438. The van der Waals surface area contributed by atoms with Crippen molar-refractivity contribution in [3.05, 3.63) is 48.3 Å².